The van der Waals surface area contributed by atoms with Crippen molar-refractivity contribution in [2.24, 2.45) is 17.8 Å². The summed E-state index contributed by atoms with van der Waals surface area (Å²) in [6.45, 7) is 7.12. The Morgan fingerprint density at radius 2 is 1.42 bits per heavy atom. The van der Waals surface area contributed by atoms with Gasteiger partial charge in [0.25, 0.3) is 0 Å². The normalized spacial score (nSPS) is 21.4. The van der Waals surface area contributed by atoms with Gasteiger partial charge < -0.3 is 0 Å². The van der Waals surface area contributed by atoms with Crippen LogP contribution in [0.15, 0.2) is 60.7 Å². The standard InChI is InChI=1S/C24H26/c1-16(2)20-13-12-17(3)14-23(20)24-21-10-6-4-8-18(21)15-19-9-5-7-11-22(19)24/h4-11,14-17,20H,12-13H2,1-3H3/t17-,20+/m1/s1. The van der Waals surface area contributed by atoms with Crippen molar-refractivity contribution in [3.05, 3.63) is 66.2 Å². The van der Waals surface area contributed by atoms with Crippen molar-refractivity contribution in [1.82, 2.24) is 0 Å². The van der Waals surface area contributed by atoms with Crippen LogP contribution < -0.4 is 0 Å². The third-order valence-electron chi connectivity index (χ3n) is 5.66. The lowest BCUT2D eigenvalue weighted by atomic mass is 9.73. The maximum atomic E-state index is 2.56. The van der Waals surface area contributed by atoms with Gasteiger partial charge in [-0.1, -0.05) is 75.4 Å². The summed E-state index contributed by atoms with van der Waals surface area (Å²) in [5, 5.41) is 5.52. The molecule has 0 saturated heterocycles. The number of hydrogen-bond donors (Lipinski definition) is 0. The zero-order valence-corrected chi connectivity index (χ0v) is 14.9. The first-order valence-corrected chi connectivity index (χ1v) is 9.27. The average molecular weight is 314 g/mol. The second-order valence-electron chi connectivity index (χ2n) is 7.72. The minimum atomic E-state index is 0.662. The van der Waals surface area contributed by atoms with Gasteiger partial charge in [0.2, 0.25) is 0 Å². The van der Waals surface area contributed by atoms with Gasteiger partial charge in [-0.3, -0.25) is 0 Å². The largest absolute Gasteiger partial charge is 0.0775 e. The van der Waals surface area contributed by atoms with Gasteiger partial charge in [0.1, 0.15) is 0 Å². The van der Waals surface area contributed by atoms with Crippen LogP contribution in [0.4, 0.5) is 0 Å². The lowest BCUT2D eigenvalue weighted by molar-refractivity contribution is 0.397. The molecule has 3 aromatic rings. The van der Waals surface area contributed by atoms with Crippen LogP contribution in [0.1, 0.15) is 39.2 Å². The number of hydrogen-bond acceptors (Lipinski definition) is 0. The Labute approximate surface area is 145 Å². The molecule has 0 spiro atoms. The Kier molecular flexibility index (Phi) is 3.92. The number of allylic oxidation sites excluding steroid dienone is 2. The van der Waals surface area contributed by atoms with Crippen molar-refractivity contribution < 1.29 is 0 Å². The van der Waals surface area contributed by atoms with Crippen LogP contribution in [-0.4, -0.2) is 0 Å². The number of benzene rings is 3. The van der Waals surface area contributed by atoms with E-state index in [-0.39, 0.29) is 0 Å². The van der Waals surface area contributed by atoms with E-state index >= 15 is 0 Å². The van der Waals surface area contributed by atoms with Gasteiger partial charge in [0.15, 0.2) is 0 Å². The summed E-state index contributed by atoms with van der Waals surface area (Å²) in [5.74, 6) is 2.02. The SMILES string of the molecule is CC(C)[C@@H]1CC[C@@H](C)C=C1c1c2ccccc2cc2ccccc12. The van der Waals surface area contributed by atoms with Crippen molar-refractivity contribution in [3.63, 3.8) is 0 Å². The van der Waals surface area contributed by atoms with Crippen molar-refractivity contribution >= 4 is 27.1 Å². The fourth-order valence-corrected chi connectivity index (χ4v) is 4.40. The van der Waals surface area contributed by atoms with Crippen LogP contribution >= 0.6 is 0 Å². The van der Waals surface area contributed by atoms with Gasteiger partial charge in [-0.2, -0.15) is 0 Å². The van der Waals surface area contributed by atoms with E-state index in [0.717, 1.165) is 0 Å². The molecule has 0 nitrogen and oxygen atoms in total. The van der Waals surface area contributed by atoms with Gasteiger partial charge in [-0.15, -0.1) is 0 Å². The molecule has 4 rings (SSSR count). The van der Waals surface area contributed by atoms with Crippen LogP contribution in [0.2, 0.25) is 0 Å². The molecule has 1 aliphatic rings. The Morgan fingerprint density at radius 1 is 0.833 bits per heavy atom. The predicted octanol–water partition coefficient (Wildman–Crippen LogP) is 7.08. The Morgan fingerprint density at radius 3 is 2.00 bits per heavy atom. The van der Waals surface area contributed by atoms with Crippen LogP contribution in [0.3, 0.4) is 0 Å². The van der Waals surface area contributed by atoms with Crippen LogP contribution in [0, 0.1) is 17.8 Å². The third kappa shape index (κ3) is 2.55. The lowest BCUT2D eigenvalue weighted by Gasteiger charge is -2.32. The van der Waals surface area contributed by atoms with E-state index in [2.05, 4.69) is 81.4 Å². The van der Waals surface area contributed by atoms with Gasteiger partial charge in [0, 0.05) is 0 Å². The molecule has 0 amide bonds. The topological polar surface area (TPSA) is 0 Å². The fourth-order valence-electron chi connectivity index (χ4n) is 4.40. The quantitative estimate of drug-likeness (QED) is 0.443. The minimum absolute atomic E-state index is 0.662. The summed E-state index contributed by atoms with van der Waals surface area (Å²) in [6.07, 6.45) is 5.18. The zero-order valence-electron chi connectivity index (χ0n) is 14.9. The van der Waals surface area contributed by atoms with E-state index in [1.54, 1.807) is 5.57 Å². The van der Waals surface area contributed by atoms with Crippen molar-refractivity contribution in [1.29, 1.82) is 0 Å². The second-order valence-corrected chi connectivity index (χ2v) is 7.72. The maximum Gasteiger partial charge on any atom is -0.00674 e. The van der Waals surface area contributed by atoms with Gasteiger partial charge in [0.05, 0.1) is 0 Å². The Hall–Kier alpha value is -2.08. The molecule has 0 bridgehead atoms. The van der Waals surface area contributed by atoms with E-state index in [0.29, 0.717) is 17.8 Å². The first-order valence-electron chi connectivity index (χ1n) is 9.27. The van der Waals surface area contributed by atoms with Crippen molar-refractivity contribution in [2.45, 2.75) is 33.6 Å². The molecule has 0 aromatic heterocycles. The molecule has 1 aliphatic carbocycles. The minimum Gasteiger partial charge on any atom is -0.0775 e. The highest BCUT2D eigenvalue weighted by atomic mass is 14.3. The van der Waals surface area contributed by atoms with Crippen LogP contribution in [-0.2, 0) is 0 Å². The zero-order chi connectivity index (χ0) is 16.7. The average Bonchev–Trinajstić information content (AvgIpc) is 2.59. The maximum absolute atomic E-state index is 2.56. The molecule has 0 heteroatoms. The molecular formula is C24H26. The van der Waals surface area contributed by atoms with E-state index in [9.17, 15) is 0 Å². The summed E-state index contributed by atoms with van der Waals surface area (Å²) < 4.78 is 0. The molecule has 3 aromatic carbocycles. The van der Waals surface area contributed by atoms with Gasteiger partial charge >= 0.3 is 0 Å². The van der Waals surface area contributed by atoms with E-state index in [4.69, 9.17) is 0 Å². The first-order chi connectivity index (χ1) is 11.6. The molecule has 0 N–H and O–H groups in total. The Bertz CT molecular complexity index is 860. The Balaban J connectivity index is 2.09. The van der Waals surface area contributed by atoms with Crippen molar-refractivity contribution in [3.8, 4) is 0 Å². The van der Waals surface area contributed by atoms with Crippen LogP contribution in [0.25, 0.3) is 27.1 Å². The summed E-state index contributed by atoms with van der Waals surface area (Å²) >= 11 is 0. The molecular weight excluding hydrogens is 288 g/mol. The molecule has 0 aliphatic heterocycles. The predicted molar refractivity (Wildman–Crippen MR) is 106 cm³/mol. The van der Waals surface area contributed by atoms with Crippen molar-refractivity contribution in [2.75, 3.05) is 0 Å². The number of rotatable bonds is 2. The number of fused-ring (bicyclic) bond motifs is 2. The molecule has 0 saturated carbocycles. The molecule has 24 heavy (non-hydrogen) atoms. The monoisotopic (exact) mass is 314 g/mol. The summed E-state index contributed by atoms with van der Waals surface area (Å²) in [7, 11) is 0. The highest BCUT2D eigenvalue weighted by molar-refractivity contribution is 6.09. The summed E-state index contributed by atoms with van der Waals surface area (Å²) in [6, 6.07) is 20.1. The molecule has 122 valence electrons. The summed E-state index contributed by atoms with van der Waals surface area (Å²) in [5.41, 5.74) is 3.06. The van der Waals surface area contributed by atoms with Gasteiger partial charge in [-0.05, 0) is 69.3 Å². The molecule has 0 fully saturated rings. The highest BCUT2D eigenvalue weighted by Crippen LogP contribution is 2.44. The second kappa shape index (κ2) is 6.09. The first kappa shape index (κ1) is 15.4. The molecule has 0 radical (unpaired) electrons. The fraction of sp³-hybridized carbons (Fsp3) is 0.333. The third-order valence-corrected chi connectivity index (χ3v) is 5.66. The lowest BCUT2D eigenvalue weighted by Crippen LogP contribution is -2.17. The smallest absolute Gasteiger partial charge is 0.00674 e. The van der Waals surface area contributed by atoms with E-state index < -0.39 is 0 Å². The highest BCUT2D eigenvalue weighted by Gasteiger charge is 2.26. The van der Waals surface area contributed by atoms with E-state index in [1.165, 1.54) is 39.9 Å². The molecule has 2 atom stereocenters. The molecule has 0 unspecified atom stereocenters. The van der Waals surface area contributed by atoms with Crippen LogP contribution in [0.5, 0.6) is 0 Å². The summed E-state index contributed by atoms with van der Waals surface area (Å²) in [4.78, 5) is 0. The van der Waals surface area contributed by atoms with Gasteiger partial charge in [-0.25, -0.2) is 0 Å². The molecule has 0 heterocycles. The van der Waals surface area contributed by atoms with E-state index in [1.807, 2.05) is 0 Å².